The standard InChI is InChI=1S/C22H30N4O/c1-17(19-9-5-4-6-10-19)25-22(23-2)24-15-18-13-14-26(16-18)20-11-7-8-12-21(20)27-3/h4-12,17-18H,13-16H2,1-3H3,(H2,23,24,25). The Morgan fingerprint density at radius 2 is 1.93 bits per heavy atom. The van der Waals surface area contributed by atoms with E-state index >= 15 is 0 Å². The fraction of sp³-hybridized carbons (Fsp3) is 0.409. The van der Waals surface area contributed by atoms with Crippen LogP contribution in [0.25, 0.3) is 0 Å². The highest BCUT2D eigenvalue weighted by molar-refractivity contribution is 5.80. The summed E-state index contributed by atoms with van der Waals surface area (Å²) < 4.78 is 5.51. The van der Waals surface area contributed by atoms with Crippen LogP contribution in [-0.4, -0.2) is 39.8 Å². The lowest BCUT2D eigenvalue weighted by molar-refractivity contribution is 0.414. The molecule has 1 fully saturated rings. The van der Waals surface area contributed by atoms with E-state index in [1.807, 2.05) is 25.2 Å². The Bertz CT molecular complexity index is 747. The number of aliphatic imine (C=N–C) groups is 1. The number of rotatable bonds is 6. The van der Waals surface area contributed by atoms with E-state index < -0.39 is 0 Å². The minimum Gasteiger partial charge on any atom is -0.495 e. The van der Waals surface area contributed by atoms with Crippen molar-refractivity contribution in [2.75, 3.05) is 38.7 Å². The Morgan fingerprint density at radius 3 is 2.67 bits per heavy atom. The predicted octanol–water partition coefficient (Wildman–Crippen LogP) is 3.45. The van der Waals surface area contributed by atoms with Gasteiger partial charge in [0.15, 0.2) is 5.96 Å². The van der Waals surface area contributed by atoms with Crippen LogP contribution in [0.1, 0.15) is 24.9 Å². The number of anilines is 1. The van der Waals surface area contributed by atoms with E-state index in [1.165, 1.54) is 11.3 Å². The zero-order valence-electron chi connectivity index (χ0n) is 16.5. The average Bonchev–Trinajstić information content (AvgIpc) is 3.20. The zero-order valence-corrected chi connectivity index (χ0v) is 16.5. The topological polar surface area (TPSA) is 48.9 Å². The van der Waals surface area contributed by atoms with Crippen LogP contribution in [0.5, 0.6) is 5.75 Å². The monoisotopic (exact) mass is 366 g/mol. The number of benzene rings is 2. The van der Waals surface area contributed by atoms with Crippen molar-refractivity contribution in [2.45, 2.75) is 19.4 Å². The van der Waals surface area contributed by atoms with Crippen molar-refractivity contribution in [3.63, 3.8) is 0 Å². The maximum atomic E-state index is 5.51. The Hall–Kier alpha value is -2.69. The highest BCUT2D eigenvalue weighted by Gasteiger charge is 2.24. The van der Waals surface area contributed by atoms with E-state index in [2.05, 4.69) is 63.8 Å². The third-order valence-corrected chi connectivity index (χ3v) is 5.15. The predicted molar refractivity (Wildman–Crippen MR) is 113 cm³/mol. The van der Waals surface area contributed by atoms with Crippen molar-refractivity contribution < 1.29 is 4.74 Å². The zero-order chi connectivity index (χ0) is 19.1. The molecule has 0 amide bonds. The van der Waals surface area contributed by atoms with Gasteiger partial charge in [-0.25, -0.2) is 0 Å². The van der Waals surface area contributed by atoms with Crippen LogP contribution in [0.15, 0.2) is 59.6 Å². The molecule has 0 bridgehead atoms. The average molecular weight is 367 g/mol. The normalized spacial score (nSPS) is 18.3. The summed E-state index contributed by atoms with van der Waals surface area (Å²) in [5, 5.41) is 6.97. The number of hydrogen-bond acceptors (Lipinski definition) is 3. The second-order valence-corrected chi connectivity index (χ2v) is 7.00. The largest absolute Gasteiger partial charge is 0.495 e. The van der Waals surface area contributed by atoms with Gasteiger partial charge in [0, 0.05) is 26.7 Å². The molecule has 2 aromatic carbocycles. The molecule has 5 heteroatoms. The van der Waals surface area contributed by atoms with Crippen LogP contribution in [0.2, 0.25) is 0 Å². The van der Waals surface area contributed by atoms with Gasteiger partial charge in [0.25, 0.3) is 0 Å². The maximum absolute atomic E-state index is 5.51. The van der Waals surface area contributed by atoms with Crippen molar-refractivity contribution in [1.82, 2.24) is 10.6 Å². The molecule has 1 aliphatic rings. The summed E-state index contributed by atoms with van der Waals surface area (Å²) in [7, 11) is 3.56. The van der Waals surface area contributed by atoms with Crippen LogP contribution in [-0.2, 0) is 0 Å². The second-order valence-electron chi connectivity index (χ2n) is 7.00. The molecule has 5 nitrogen and oxygen atoms in total. The number of methoxy groups -OCH3 is 1. The van der Waals surface area contributed by atoms with Crippen molar-refractivity contribution in [3.8, 4) is 5.75 Å². The number of nitrogens with zero attached hydrogens (tertiary/aromatic N) is 2. The first-order valence-electron chi connectivity index (χ1n) is 9.61. The number of nitrogens with one attached hydrogen (secondary N) is 2. The van der Waals surface area contributed by atoms with Gasteiger partial charge in [-0.05, 0) is 37.0 Å². The second kappa shape index (κ2) is 9.31. The molecule has 27 heavy (non-hydrogen) atoms. The molecular formula is C22H30N4O. The third kappa shape index (κ3) is 4.94. The van der Waals surface area contributed by atoms with Crippen molar-refractivity contribution >= 4 is 11.6 Å². The van der Waals surface area contributed by atoms with Crippen molar-refractivity contribution in [3.05, 3.63) is 60.2 Å². The maximum Gasteiger partial charge on any atom is 0.191 e. The van der Waals surface area contributed by atoms with E-state index in [0.717, 1.165) is 37.8 Å². The number of para-hydroxylation sites is 2. The molecule has 0 radical (unpaired) electrons. The third-order valence-electron chi connectivity index (χ3n) is 5.15. The molecule has 2 atom stereocenters. The first-order chi connectivity index (χ1) is 13.2. The molecule has 1 heterocycles. The van der Waals surface area contributed by atoms with Crippen molar-refractivity contribution in [1.29, 1.82) is 0 Å². The molecule has 0 saturated carbocycles. The van der Waals surface area contributed by atoms with E-state index in [-0.39, 0.29) is 6.04 Å². The van der Waals surface area contributed by atoms with Gasteiger partial charge in [-0.2, -0.15) is 0 Å². The van der Waals surface area contributed by atoms with E-state index in [1.54, 1.807) is 7.11 Å². The summed E-state index contributed by atoms with van der Waals surface area (Å²) in [6.07, 6.45) is 1.16. The number of ether oxygens (including phenoxy) is 1. The highest BCUT2D eigenvalue weighted by Crippen LogP contribution is 2.31. The minimum atomic E-state index is 0.214. The van der Waals surface area contributed by atoms with Crippen LogP contribution < -0.4 is 20.3 Å². The molecular weight excluding hydrogens is 336 g/mol. The molecule has 0 spiro atoms. The smallest absolute Gasteiger partial charge is 0.191 e. The minimum absolute atomic E-state index is 0.214. The molecule has 3 rings (SSSR count). The van der Waals surface area contributed by atoms with Gasteiger partial charge in [0.1, 0.15) is 5.75 Å². The van der Waals surface area contributed by atoms with Gasteiger partial charge in [-0.1, -0.05) is 42.5 Å². The van der Waals surface area contributed by atoms with Crippen LogP contribution in [0, 0.1) is 5.92 Å². The summed E-state index contributed by atoms with van der Waals surface area (Å²) in [6.45, 7) is 5.14. The quantitative estimate of drug-likeness (QED) is 0.607. The summed E-state index contributed by atoms with van der Waals surface area (Å²) >= 11 is 0. The molecule has 0 aliphatic carbocycles. The van der Waals surface area contributed by atoms with Gasteiger partial charge >= 0.3 is 0 Å². The first-order valence-corrected chi connectivity index (χ1v) is 9.61. The summed E-state index contributed by atoms with van der Waals surface area (Å²) in [5.41, 5.74) is 2.44. The van der Waals surface area contributed by atoms with Gasteiger partial charge < -0.3 is 20.3 Å². The lowest BCUT2D eigenvalue weighted by Gasteiger charge is -2.22. The fourth-order valence-electron chi connectivity index (χ4n) is 3.57. The number of hydrogen-bond donors (Lipinski definition) is 2. The van der Waals surface area contributed by atoms with Crippen LogP contribution in [0.3, 0.4) is 0 Å². The number of guanidine groups is 1. The Balaban J connectivity index is 1.51. The van der Waals surface area contributed by atoms with Gasteiger partial charge in [-0.15, -0.1) is 0 Å². The lowest BCUT2D eigenvalue weighted by Crippen LogP contribution is -2.41. The van der Waals surface area contributed by atoms with Crippen molar-refractivity contribution in [2.24, 2.45) is 10.9 Å². The molecule has 2 aromatic rings. The summed E-state index contributed by atoms with van der Waals surface area (Å²) in [6, 6.07) is 18.9. The molecule has 2 unspecified atom stereocenters. The van der Waals surface area contributed by atoms with E-state index in [4.69, 9.17) is 4.74 Å². The highest BCUT2D eigenvalue weighted by atomic mass is 16.5. The first kappa shape index (κ1) is 19.1. The molecule has 144 valence electrons. The van der Waals surface area contributed by atoms with Crippen LogP contribution >= 0.6 is 0 Å². The van der Waals surface area contributed by atoms with E-state index in [9.17, 15) is 0 Å². The Labute approximate surface area is 162 Å². The molecule has 0 aromatic heterocycles. The molecule has 1 saturated heterocycles. The Morgan fingerprint density at radius 1 is 1.19 bits per heavy atom. The van der Waals surface area contributed by atoms with Gasteiger partial charge in [0.05, 0.1) is 18.8 Å². The van der Waals surface area contributed by atoms with Gasteiger partial charge in [-0.3, -0.25) is 4.99 Å². The SMILES string of the molecule is CN=C(NCC1CCN(c2ccccc2OC)C1)NC(C)c1ccccc1. The van der Waals surface area contributed by atoms with Crippen LogP contribution in [0.4, 0.5) is 5.69 Å². The van der Waals surface area contributed by atoms with Gasteiger partial charge in [0.2, 0.25) is 0 Å². The molecule has 2 N–H and O–H groups in total. The summed E-state index contributed by atoms with van der Waals surface area (Å²) in [4.78, 5) is 6.79. The molecule has 1 aliphatic heterocycles. The fourth-order valence-corrected chi connectivity index (χ4v) is 3.57. The van der Waals surface area contributed by atoms with E-state index in [0.29, 0.717) is 5.92 Å². The summed E-state index contributed by atoms with van der Waals surface area (Å²) in [5.74, 6) is 2.38. The lowest BCUT2D eigenvalue weighted by atomic mass is 10.1. The Kier molecular flexibility index (Phi) is 6.58.